The summed E-state index contributed by atoms with van der Waals surface area (Å²) in [5.41, 5.74) is 3.45. The van der Waals surface area contributed by atoms with Gasteiger partial charge in [-0.15, -0.1) is 0 Å². The summed E-state index contributed by atoms with van der Waals surface area (Å²) in [6.07, 6.45) is 8.80. The Hall–Kier alpha value is -3.87. The van der Waals surface area contributed by atoms with E-state index in [4.69, 9.17) is 18.7 Å². The maximum absolute atomic E-state index is 13.2. The maximum atomic E-state index is 13.2. The number of benzene rings is 1. The first-order valence-corrected chi connectivity index (χ1v) is 11.6. The van der Waals surface area contributed by atoms with Crippen LogP contribution in [0.1, 0.15) is 59.7 Å². The van der Waals surface area contributed by atoms with Crippen LogP contribution < -0.4 is 0 Å². The molecular weight excluding hydrogens is 432 g/mol. The van der Waals surface area contributed by atoms with E-state index >= 15 is 0 Å². The molecule has 2 atom stereocenters. The number of carbonyl (C=O) groups excluding carboxylic acids is 2. The van der Waals surface area contributed by atoms with Crippen molar-refractivity contribution in [2.75, 3.05) is 6.61 Å². The zero-order chi connectivity index (χ0) is 23.5. The SMILES string of the molecule is CCc1ccc(C(=O)OCC(=O)N2N=C3C(=Cc4ccco4)CCCC3C2c2ccco2)cc1. The highest BCUT2D eigenvalue weighted by molar-refractivity contribution is 6.08. The molecule has 0 saturated heterocycles. The molecular formula is C27H26N2O5. The molecule has 0 spiro atoms. The van der Waals surface area contributed by atoms with E-state index in [0.717, 1.165) is 48.3 Å². The van der Waals surface area contributed by atoms with Crippen molar-refractivity contribution in [1.29, 1.82) is 0 Å². The van der Waals surface area contributed by atoms with E-state index in [2.05, 4.69) is 0 Å². The lowest BCUT2D eigenvalue weighted by molar-refractivity contribution is -0.137. The predicted molar refractivity (Wildman–Crippen MR) is 126 cm³/mol. The van der Waals surface area contributed by atoms with Gasteiger partial charge in [0.05, 0.1) is 23.8 Å². The van der Waals surface area contributed by atoms with Gasteiger partial charge in [-0.3, -0.25) is 4.79 Å². The summed E-state index contributed by atoms with van der Waals surface area (Å²) in [4.78, 5) is 25.7. The number of carbonyl (C=O) groups is 2. The van der Waals surface area contributed by atoms with Gasteiger partial charge in [0, 0.05) is 5.92 Å². The number of fused-ring (bicyclic) bond motifs is 1. The number of rotatable bonds is 6. The molecule has 7 nitrogen and oxygen atoms in total. The number of ether oxygens (including phenoxy) is 1. The number of esters is 1. The molecule has 1 aliphatic heterocycles. The molecule has 3 heterocycles. The Balaban J connectivity index is 1.37. The van der Waals surface area contributed by atoms with Crippen LogP contribution in [0.5, 0.6) is 0 Å². The second-order valence-corrected chi connectivity index (χ2v) is 8.49. The lowest BCUT2D eigenvalue weighted by atomic mass is 9.79. The van der Waals surface area contributed by atoms with E-state index < -0.39 is 12.6 Å². The number of amides is 1. The third kappa shape index (κ3) is 4.33. The minimum atomic E-state index is -0.534. The molecule has 7 heteroatoms. The van der Waals surface area contributed by atoms with E-state index in [1.54, 1.807) is 30.7 Å². The number of hydrogen-bond acceptors (Lipinski definition) is 6. The first-order valence-electron chi connectivity index (χ1n) is 11.6. The fourth-order valence-electron chi connectivity index (χ4n) is 4.64. The van der Waals surface area contributed by atoms with Crippen molar-refractivity contribution in [2.24, 2.45) is 11.0 Å². The number of hydrogen-bond donors (Lipinski definition) is 0. The van der Waals surface area contributed by atoms with Crippen LogP contribution in [0.3, 0.4) is 0 Å². The fourth-order valence-corrected chi connectivity index (χ4v) is 4.64. The fraction of sp³-hybridized carbons (Fsp3) is 0.296. The normalized spacial score (nSPS) is 20.8. The summed E-state index contributed by atoms with van der Waals surface area (Å²) in [6.45, 7) is 1.65. The summed E-state index contributed by atoms with van der Waals surface area (Å²) >= 11 is 0. The van der Waals surface area contributed by atoms with Crippen molar-refractivity contribution in [3.8, 4) is 0 Å². The topological polar surface area (TPSA) is 85.3 Å². The van der Waals surface area contributed by atoms with Gasteiger partial charge in [0.15, 0.2) is 6.61 Å². The van der Waals surface area contributed by atoms with Crippen LogP contribution >= 0.6 is 0 Å². The zero-order valence-electron chi connectivity index (χ0n) is 19.0. The number of nitrogens with zero attached hydrogens (tertiary/aromatic N) is 2. The van der Waals surface area contributed by atoms with E-state index in [-0.39, 0.29) is 17.9 Å². The van der Waals surface area contributed by atoms with Gasteiger partial charge in [0.2, 0.25) is 0 Å². The van der Waals surface area contributed by atoms with Crippen molar-refractivity contribution in [3.05, 3.63) is 89.3 Å². The van der Waals surface area contributed by atoms with Gasteiger partial charge in [0.1, 0.15) is 17.6 Å². The predicted octanol–water partition coefficient (Wildman–Crippen LogP) is 5.42. The molecule has 1 saturated carbocycles. The highest BCUT2D eigenvalue weighted by Gasteiger charge is 2.45. The minimum absolute atomic E-state index is 0.00218. The molecule has 1 fully saturated rings. The molecule has 3 aromatic rings. The van der Waals surface area contributed by atoms with Crippen LogP contribution in [0, 0.1) is 5.92 Å². The molecule has 2 aromatic heterocycles. The molecule has 2 unspecified atom stereocenters. The Kier molecular flexibility index (Phi) is 6.16. The Bertz CT molecular complexity index is 1210. The summed E-state index contributed by atoms with van der Waals surface area (Å²) in [5, 5.41) is 6.15. The second kappa shape index (κ2) is 9.55. The average molecular weight is 459 g/mol. The van der Waals surface area contributed by atoms with Crippen molar-refractivity contribution in [2.45, 2.75) is 38.6 Å². The molecule has 0 N–H and O–H groups in total. The average Bonchev–Trinajstić information content (AvgIpc) is 3.63. The van der Waals surface area contributed by atoms with Gasteiger partial charge in [-0.25, -0.2) is 9.80 Å². The lowest BCUT2D eigenvalue weighted by Gasteiger charge is -2.27. The highest BCUT2D eigenvalue weighted by atomic mass is 16.5. The van der Waals surface area contributed by atoms with E-state index in [0.29, 0.717) is 11.3 Å². The van der Waals surface area contributed by atoms with Crippen LogP contribution in [0.25, 0.3) is 6.08 Å². The van der Waals surface area contributed by atoms with E-state index in [1.165, 1.54) is 5.01 Å². The van der Waals surface area contributed by atoms with Crippen molar-refractivity contribution >= 4 is 23.7 Å². The Morgan fingerprint density at radius 3 is 2.62 bits per heavy atom. The number of allylic oxidation sites excluding steroid dienone is 1. The zero-order valence-corrected chi connectivity index (χ0v) is 19.0. The van der Waals surface area contributed by atoms with Gasteiger partial charge in [-0.2, -0.15) is 5.10 Å². The molecule has 174 valence electrons. The standard InChI is InChI=1S/C27H26N2O5/c1-2-18-10-12-19(13-11-18)27(31)34-17-24(30)29-26(23-9-5-15-33-23)22-8-3-6-20(25(22)28-29)16-21-7-4-14-32-21/h4-5,7,9-16,22,26H,2-3,6,8,17H2,1H3. The number of furan rings is 2. The van der Waals surface area contributed by atoms with Crippen LogP contribution in [0.4, 0.5) is 0 Å². The second-order valence-electron chi connectivity index (χ2n) is 8.49. The first-order chi connectivity index (χ1) is 16.6. The molecule has 1 aliphatic carbocycles. The monoisotopic (exact) mass is 458 g/mol. The quantitative estimate of drug-likeness (QED) is 0.461. The molecule has 34 heavy (non-hydrogen) atoms. The van der Waals surface area contributed by atoms with Gasteiger partial charge >= 0.3 is 5.97 Å². The first kappa shape index (κ1) is 21.9. The van der Waals surface area contributed by atoms with E-state index in [1.807, 2.05) is 43.3 Å². The molecule has 0 bridgehead atoms. The van der Waals surface area contributed by atoms with E-state index in [9.17, 15) is 9.59 Å². The third-order valence-electron chi connectivity index (χ3n) is 6.38. The third-order valence-corrected chi connectivity index (χ3v) is 6.38. The summed E-state index contributed by atoms with van der Waals surface area (Å²) < 4.78 is 16.5. The van der Waals surface area contributed by atoms with Gasteiger partial charge in [0.25, 0.3) is 5.91 Å². The Morgan fingerprint density at radius 2 is 1.91 bits per heavy atom. The van der Waals surface area contributed by atoms with Crippen molar-refractivity contribution < 1.29 is 23.2 Å². The smallest absolute Gasteiger partial charge is 0.338 e. The van der Waals surface area contributed by atoms with Gasteiger partial charge < -0.3 is 13.6 Å². The summed E-state index contributed by atoms with van der Waals surface area (Å²) in [6, 6.07) is 14.2. The molecule has 1 aromatic carbocycles. The number of hydrazone groups is 1. The number of aryl methyl sites for hydroxylation is 1. The van der Waals surface area contributed by atoms with Gasteiger partial charge in [-0.1, -0.05) is 19.1 Å². The lowest BCUT2D eigenvalue weighted by Crippen LogP contribution is -2.34. The Morgan fingerprint density at radius 1 is 1.12 bits per heavy atom. The highest BCUT2D eigenvalue weighted by Crippen LogP contribution is 2.44. The Labute approximate surface area is 197 Å². The molecule has 0 radical (unpaired) electrons. The van der Waals surface area contributed by atoms with Crippen LogP contribution in [-0.2, 0) is 16.0 Å². The van der Waals surface area contributed by atoms with Crippen molar-refractivity contribution in [3.63, 3.8) is 0 Å². The largest absolute Gasteiger partial charge is 0.467 e. The summed E-state index contributed by atoms with van der Waals surface area (Å²) in [5.74, 6) is 0.494. The molecule has 1 amide bonds. The summed E-state index contributed by atoms with van der Waals surface area (Å²) in [7, 11) is 0. The van der Waals surface area contributed by atoms with Crippen LogP contribution in [0.15, 0.2) is 80.6 Å². The van der Waals surface area contributed by atoms with Crippen molar-refractivity contribution in [1.82, 2.24) is 5.01 Å². The van der Waals surface area contributed by atoms with Gasteiger partial charge in [-0.05, 0) is 79.3 Å². The molecule has 2 aliphatic rings. The maximum Gasteiger partial charge on any atom is 0.338 e. The van der Waals surface area contributed by atoms with Crippen LogP contribution in [-0.4, -0.2) is 29.2 Å². The molecule has 5 rings (SSSR count). The van der Waals surface area contributed by atoms with Crippen LogP contribution in [0.2, 0.25) is 0 Å². The minimum Gasteiger partial charge on any atom is -0.467 e.